The van der Waals surface area contributed by atoms with Gasteiger partial charge in [-0.2, -0.15) is 0 Å². The first-order valence-corrected chi connectivity index (χ1v) is 10.4. The summed E-state index contributed by atoms with van der Waals surface area (Å²) in [4.78, 5) is 26.0. The number of halogens is 1. The van der Waals surface area contributed by atoms with Crippen molar-refractivity contribution in [2.75, 3.05) is 28.7 Å². The molecule has 0 aliphatic carbocycles. The lowest BCUT2D eigenvalue weighted by Crippen LogP contribution is -2.23. The maximum Gasteiger partial charge on any atom is 0.414 e. The van der Waals surface area contributed by atoms with Crippen LogP contribution in [0.4, 0.5) is 21.9 Å². The molecule has 4 rings (SSSR count). The molecule has 0 saturated carbocycles. The molecular weight excluding hydrogens is 414 g/mol. The lowest BCUT2D eigenvalue weighted by molar-refractivity contribution is 0.102. The summed E-state index contributed by atoms with van der Waals surface area (Å²) in [7, 11) is 0. The van der Waals surface area contributed by atoms with Crippen molar-refractivity contribution in [1.82, 2.24) is 0 Å². The van der Waals surface area contributed by atoms with E-state index in [0.717, 1.165) is 11.3 Å². The van der Waals surface area contributed by atoms with Gasteiger partial charge >= 0.3 is 6.09 Å². The summed E-state index contributed by atoms with van der Waals surface area (Å²) in [6.45, 7) is 2.87. The number of nitrogens with one attached hydrogen (secondary N) is 2. The fourth-order valence-electron chi connectivity index (χ4n) is 3.41. The van der Waals surface area contributed by atoms with E-state index >= 15 is 0 Å². The highest BCUT2D eigenvalue weighted by Crippen LogP contribution is 2.29. The van der Waals surface area contributed by atoms with E-state index < -0.39 is 6.09 Å². The van der Waals surface area contributed by atoms with Crippen LogP contribution in [-0.2, 0) is 4.74 Å². The van der Waals surface area contributed by atoms with E-state index in [4.69, 9.17) is 16.3 Å². The SMILES string of the molecule is CC(Nc1ccc(NC(=O)c2cccc(N3CCOC3=O)c2)cc1Cl)c1ccccc1. The number of anilines is 3. The third-order valence-corrected chi connectivity index (χ3v) is 5.39. The molecule has 7 heteroatoms. The first kappa shape index (κ1) is 20.8. The highest BCUT2D eigenvalue weighted by atomic mass is 35.5. The van der Waals surface area contributed by atoms with Crippen LogP contribution in [0.3, 0.4) is 0 Å². The molecule has 1 saturated heterocycles. The van der Waals surface area contributed by atoms with Gasteiger partial charge in [0.25, 0.3) is 5.91 Å². The Labute approximate surface area is 185 Å². The highest BCUT2D eigenvalue weighted by Gasteiger charge is 2.24. The zero-order chi connectivity index (χ0) is 21.8. The number of benzene rings is 3. The topological polar surface area (TPSA) is 70.7 Å². The molecule has 1 unspecified atom stereocenters. The summed E-state index contributed by atoms with van der Waals surface area (Å²) in [5, 5.41) is 6.75. The fraction of sp³-hybridized carbons (Fsp3) is 0.167. The zero-order valence-electron chi connectivity index (χ0n) is 17.0. The van der Waals surface area contributed by atoms with Crippen LogP contribution in [0.1, 0.15) is 28.9 Å². The summed E-state index contributed by atoms with van der Waals surface area (Å²) in [6.07, 6.45) is -0.405. The normalized spacial score (nSPS) is 14.1. The molecule has 0 bridgehead atoms. The summed E-state index contributed by atoms with van der Waals surface area (Å²) >= 11 is 6.45. The lowest BCUT2D eigenvalue weighted by atomic mass is 10.1. The lowest BCUT2D eigenvalue weighted by Gasteiger charge is -2.17. The van der Waals surface area contributed by atoms with Gasteiger partial charge in [-0.05, 0) is 48.9 Å². The smallest absolute Gasteiger partial charge is 0.414 e. The van der Waals surface area contributed by atoms with Crippen molar-refractivity contribution < 1.29 is 14.3 Å². The number of cyclic esters (lactones) is 1. The first-order valence-electron chi connectivity index (χ1n) is 9.98. The van der Waals surface area contributed by atoms with Crippen LogP contribution in [0.2, 0.25) is 5.02 Å². The van der Waals surface area contributed by atoms with E-state index in [2.05, 4.69) is 29.7 Å². The zero-order valence-corrected chi connectivity index (χ0v) is 17.7. The van der Waals surface area contributed by atoms with Crippen molar-refractivity contribution in [2.24, 2.45) is 0 Å². The van der Waals surface area contributed by atoms with E-state index in [1.165, 1.54) is 4.90 Å². The van der Waals surface area contributed by atoms with Crippen molar-refractivity contribution in [2.45, 2.75) is 13.0 Å². The number of carbonyl (C=O) groups excluding carboxylic acids is 2. The largest absolute Gasteiger partial charge is 0.447 e. The van der Waals surface area contributed by atoms with Gasteiger partial charge in [-0.1, -0.05) is 48.0 Å². The summed E-state index contributed by atoms with van der Waals surface area (Å²) in [5.41, 5.74) is 3.58. The van der Waals surface area contributed by atoms with Crippen LogP contribution in [0, 0.1) is 0 Å². The van der Waals surface area contributed by atoms with E-state index in [-0.39, 0.29) is 11.9 Å². The number of ether oxygens (including phenoxy) is 1. The van der Waals surface area contributed by atoms with Crippen LogP contribution in [0.25, 0.3) is 0 Å². The van der Waals surface area contributed by atoms with Crippen molar-refractivity contribution in [3.63, 3.8) is 0 Å². The van der Waals surface area contributed by atoms with Gasteiger partial charge < -0.3 is 15.4 Å². The Morgan fingerprint density at radius 3 is 2.58 bits per heavy atom. The number of amides is 2. The van der Waals surface area contributed by atoms with Gasteiger partial charge in [-0.3, -0.25) is 9.69 Å². The predicted octanol–water partition coefficient (Wildman–Crippen LogP) is 5.72. The molecule has 3 aromatic rings. The van der Waals surface area contributed by atoms with Crippen molar-refractivity contribution >= 4 is 40.7 Å². The number of nitrogens with zero attached hydrogens (tertiary/aromatic N) is 1. The van der Waals surface area contributed by atoms with Gasteiger partial charge in [0.1, 0.15) is 6.61 Å². The van der Waals surface area contributed by atoms with E-state index in [1.807, 2.05) is 24.3 Å². The number of hydrogen-bond acceptors (Lipinski definition) is 4. The molecule has 0 radical (unpaired) electrons. The molecule has 6 nitrogen and oxygen atoms in total. The molecule has 1 heterocycles. The number of hydrogen-bond donors (Lipinski definition) is 2. The Balaban J connectivity index is 1.44. The molecule has 1 aliphatic heterocycles. The maximum absolute atomic E-state index is 12.7. The van der Waals surface area contributed by atoms with Gasteiger partial charge in [0, 0.05) is 23.0 Å². The monoisotopic (exact) mass is 435 g/mol. The van der Waals surface area contributed by atoms with Crippen molar-refractivity contribution in [3.05, 3.63) is 88.9 Å². The number of rotatable bonds is 6. The average molecular weight is 436 g/mol. The minimum absolute atomic E-state index is 0.0826. The van der Waals surface area contributed by atoms with Crippen LogP contribution < -0.4 is 15.5 Å². The molecule has 2 N–H and O–H groups in total. The second kappa shape index (κ2) is 9.10. The Kier molecular flexibility index (Phi) is 6.09. The minimum atomic E-state index is -0.405. The summed E-state index contributed by atoms with van der Waals surface area (Å²) in [6, 6.07) is 22.4. The van der Waals surface area contributed by atoms with Gasteiger partial charge in [0.2, 0.25) is 0 Å². The minimum Gasteiger partial charge on any atom is -0.447 e. The van der Waals surface area contributed by atoms with Crippen molar-refractivity contribution in [1.29, 1.82) is 0 Å². The maximum atomic E-state index is 12.7. The van der Waals surface area contributed by atoms with Crippen molar-refractivity contribution in [3.8, 4) is 0 Å². The molecule has 1 aliphatic rings. The quantitative estimate of drug-likeness (QED) is 0.519. The van der Waals surface area contributed by atoms with Crippen LogP contribution in [0.15, 0.2) is 72.8 Å². The van der Waals surface area contributed by atoms with Gasteiger partial charge in [0.15, 0.2) is 0 Å². The average Bonchev–Trinajstić information content (AvgIpc) is 3.22. The Morgan fingerprint density at radius 1 is 1.06 bits per heavy atom. The standard InChI is InChI=1S/C24H22ClN3O3/c1-16(17-6-3-2-4-7-17)26-22-11-10-19(15-21(22)25)27-23(29)18-8-5-9-20(14-18)28-12-13-31-24(28)30/h2-11,14-16,26H,12-13H2,1H3,(H,27,29). The molecule has 1 fully saturated rings. The third kappa shape index (κ3) is 4.81. The molecule has 0 aromatic heterocycles. The molecule has 0 spiro atoms. The Bertz CT molecular complexity index is 1100. The van der Waals surface area contributed by atoms with Crippen LogP contribution >= 0.6 is 11.6 Å². The summed E-state index contributed by atoms with van der Waals surface area (Å²) in [5.74, 6) is -0.288. The molecular formula is C24H22ClN3O3. The van der Waals surface area contributed by atoms with Gasteiger partial charge in [0.05, 0.1) is 17.3 Å². The fourth-order valence-corrected chi connectivity index (χ4v) is 3.65. The number of carbonyl (C=O) groups is 2. The van der Waals surface area contributed by atoms with Crippen LogP contribution in [-0.4, -0.2) is 25.2 Å². The second-order valence-corrected chi connectivity index (χ2v) is 7.65. The highest BCUT2D eigenvalue weighted by molar-refractivity contribution is 6.33. The Hall–Kier alpha value is -3.51. The van der Waals surface area contributed by atoms with Crippen LogP contribution in [0.5, 0.6) is 0 Å². The first-order chi connectivity index (χ1) is 15.0. The third-order valence-electron chi connectivity index (χ3n) is 5.08. The van der Waals surface area contributed by atoms with Gasteiger partial charge in [-0.15, -0.1) is 0 Å². The Morgan fingerprint density at radius 2 is 1.87 bits per heavy atom. The summed E-state index contributed by atoms with van der Waals surface area (Å²) < 4.78 is 4.96. The molecule has 158 valence electrons. The molecule has 2 amide bonds. The van der Waals surface area contributed by atoms with E-state index in [0.29, 0.717) is 35.1 Å². The molecule has 1 atom stereocenters. The predicted molar refractivity (Wildman–Crippen MR) is 123 cm³/mol. The van der Waals surface area contributed by atoms with E-state index in [9.17, 15) is 9.59 Å². The molecule has 3 aromatic carbocycles. The second-order valence-electron chi connectivity index (χ2n) is 7.24. The molecule has 31 heavy (non-hydrogen) atoms. The van der Waals surface area contributed by atoms with E-state index in [1.54, 1.807) is 36.4 Å². The van der Waals surface area contributed by atoms with Gasteiger partial charge in [-0.25, -0.2) is 4.79 Å².